The Morgan fingerprint density at radius 3 is 2.38 bits per heavy atom. The molecule has 0 saturated carbocycles. The zero-order valence-electron chi connectivity index (χ0n) is 18.2. The number of thioether (sulfide) groups is 1. The van der Waals surface area contributed by atoms with Gasteiger partial charge in [-0.3, -0.25) is 14.2 Å². The van der Waals surface area contributed by atoms with E-state index in [4.69, 9.17) is 9.72 Å². The molecule has 7 heteroatoms. The van der Waals surface area contributed by atoms with E-state index in [-0.39, 0.29) is 11.5 Å². The van der Waals surface area contributed by atoms with Crippen LogP contribution in [-0.2, 0) is 9.53 Å². The second kappa shape index (κ2) is 9.71. The Kier molecular flexibility index (Phi) is 6.77. The van der Waals surface area contributed by atoms with E-state index < -0.39 is 5.25 Å². The summed E-state index contributed by atoms with van der Waals surface area (Å²) in [4.78, 5) is 33.0. The number of aryl methyl sites for hydroxylation is 1. The van der Waals surface area contributed by atoms with Crippen molar-refractivity contribution in [1.29, 1.82) is 0 Å². The highest BCUT2D eigenvalue weighted by atomic mass is 32.2. The van der Waals surface area contributed by atoms with Gasteiger partial charge in [0.25, 0.3) is 5.56 Å². The molecule has 0 bridgehead atoms. The molecule has 5 nitrogen and oxygen atoms in total. The minimum atomic E-state index is -0.441. The number of nitrogens with zero attached hydrogens (tertiary/aromatic N) is 2. The van der Waals surface area contributed by atoms with Gasteiger partial charge in [-0.05, 0) is 38.0 Å². The van der Waals surface area contributed by atoms with Crippen LogP contribution in [0.1, 0.15) is 25.1 Å². The third-order valence-electron chi connectivity index (χ3n) is 5.12. The minimum absolute atomic E-state index is 0.134. The van der Waals surface area contributed by atoms with Gasteiger partial charge in [-0.25, -0.2) is 4.98 Å². The molecule has 0 aliphatic heterocycles. The zero-order valence-corrected chi connectivity index (χ0v) is 19.8. The van der Waals surface area contributed by atoms with Gasteiger partial charge in [-0.15, -0.1) is 11.3 Å². The number of benzene rings is 2. The zero-order chi connectivity index (χ0) is 22.7. The van der Waals surface area contributed by atoms with E-state index >= 15 is 0 Å². The van der Waals surface area contributed by atoms with E-state index in [0.717, 1.165) is 21.7 Å². The van der Waals surface area contributed by atoms with Crippen molar-refractivity contribution in [1.82, 2.24) is 9.55 Å². The molecule has 0 fully saturated rings. The average Bonchev–Trinajstić information content (AvgIpc) is 3.14. The van der Waals surface area contributed by atoms with Crippen molar-refractivity contribution in [3.63, 3.8) is 0 Å². The Morgan fingerprint density at radius 2 is 1.75 bits per heavy atom. The number of hydrogen-bond acceptors (Lipinski definition) is 6. The first kappa shape index (κ1) is 22.3. The third kappa shape index (κ3) is 4.23. The SMILES string of the molecule is CCOC(=O)C(CC)Sc1nc2sc(C)c(-c3ccccc3)c2c(=O)n1-c1ccccc1. The number of esters is 1. The van der Waals surface area contributed by atoms with Crippen molar-refractivity contribution >= 4 is 39.3 Å². The summed E-state index contributed by atoms with van der Waals surface area (Å²) < 4.78 is 6.86. The smallest absolute Gasteiger partial charge is 0.319 e. The molecule has 1 atom stereocenters. The first-order valence-corrected chi connectivity index (χ1v) is 12.2. The van der Waals surface area contributed by atoms with E-state index in [1.165, 1.54) is 23.1 Å². The van der Waals surface area contributed by atoms with E-state index in [0.29, 0.717) is 28.4 Å². The summed E-state index contributed by atoms with van der Waals surface area (Å²) in [6.45, 7) is 6.06. The first-order chi connectivity index (χ1) is 15.5. The second-order valence-corrected chi connectivity index (χ2v) is 9.59. The molecular weight excluding hydrogens is 440 g/mol. The summed E-state index contributed by atoms with van der Waals surface area (Å²) >= 11 is 2.79. The van der Waals surface area contributed by atoms with Crippen LogP contribution in [-0.4, -0.2) is 27.4 Å². The lowest BCUT2D eigenvalue weighted by molar-refractivity contribution is -0.142. The maximum absolute atomic E-state index is 13.9. The first-order valence-electron chi connectivity index (χ1n) is 10.5. The van der Waals surface area contributed by atoms with Crippen molar-refractivity contribution in [2.75, 3.05) is 6.61 Å². The topological polar surface area (TPSA) is 61.2 Å². The van der Waals surface area contributed by atoms with Crippen molar-refractivity contribution in [3.8, 4) is 16.8 Å². The lowest BCUT2D eigenvalue weighted by atomic mass is 10.0. The van der Waals surface area contributed by atoms with Crippen molar-refractivity contribution in [3.05, 3.63) is 75.9 Å². The van der Waals surface area contributed by atoms with Gasteiger partial charge in [-0.1, -0.05) is 67.2 Å². The Balaban J connectivity index is 1.97. The molecule has 2 aromatic carbocycles. The number of rotatable bonds is 7. The Labute approximate surface area is 195 Å². The second-order valence-electron chi connectivity index (χ2n) is 7.22. The van der Waals surface area contributed by atoms with Crippen LogP contribution >= 0.6 is 23.1 Å². The standard InChI is InChI=1S/C25H24N2O3S2/c1-4-19(24(29)30-5-2)32-25-26-22-21(23(28)27(25)18-14-10-7-11-15-18)20(16(3)31-22)17-12-8-6-9-13-17/h6-15,19H,4-5H2,1-3H3. The molecule has 0 radical (unpaired) electrons. The molecule has 0 amide bonds. The predicted octanol–water partition coefficient (Wildman–Crippen LogP) is 5.86. The molecule has 2 aromatic heterocycles. The quantitative estimate of drug-likeness (QED) is 0.195. The van der Waals surface area contributed by atoms with Crippen LogP contribution in [0.15, 0.2) is 70.6 Å². The number of fused-ring (bicyclic) bond motifs is 1. The summed E-state index contributed by atoms with van der Waals surface area (Å²) in [6, 6.07) is 19.4. The number of para-hydroxylation sites is 1. The van der Waals surface area contributed by atoms with E-state index in [2.05, 4.69) is 0 Å². The van der Waals surface area contributed by atoms with E-state index in [1.54, 1.807) is 11.5 Å². The number of ether oxygens (including phenoxy) is 1. The van der Waals surface area contributed by atoms with Gasteiger partial charge in [0.2, 0.25) is 0 Å². The number of carbonyl (C=O) groups is 1. The van der Waals surface area contributed by atoms with Crippen LogP contribution in [0, 0.1) is 6.92 Å². The van der Waals surface area contributed by atoms with Crippen LogP contribution < -0.4 is 5.56 Å². The van der Waals surface area contributed by atoms with E-state index in [9.17, 15) is 9.59 Å². The van der Waals surface area contributed by atoms with Crippen LogP contribution in [0.5, 0.6) is 0 Å². The Hall–Kier alpha value is -2.90. The highest BCUT2D eigenvalue weighted by Crippen LogP contribution is 2.37. The number of carbonyl (C=O) groups excluding carboxylic acids is 1. The van der Waals surface area contributed by atoms with Gasteiger partial charge in [0, 0.05) is 10.4 Å². The van der Waals surface area contributed by atoms with Crippen molar-refractivity contribution < 1.29 is 9.53 Å². The van der Waals surface area contributed by atoms with Crippen molar-refractivity contribution in [2.24, 2.45) is 0 Å². The molecule has 32 heavy (non-hydrogen) atoms. The van der Waals surface area contributed by atoms with Gasteiger partial charge in [0.15, 0.2) is 5.16 Å². The summed E-state index contributed by atoms with van der Waals surface area (Å²) in [6.07, 6.45) is 0.574. The molecule has 0 saturated heterocycles. The number of thiophene rings is 1. The normalized spacial score (nSPS) is 12.1. The average molecular weight is 465 g/mol. The summed E-state index contributed by atoms with van der Waals surface area (Å²) in [7, 11) is 0. The molecule has 4 rings (SSSR count). The van der Waals surface area contributed by atoms with Gasteiger partial charge in [0.1, 0.15) is 10.1 Å². The highest BCUT2D eigenvalue weighted by molar-refractivity contribution is 8.00. The fourth-order valence-corrected chi connectivity index (χ4v) is 5.76. The molecular formula is C25H24N2O3S2. The summed E-state index contributed by atoms with van der Waals surface area (Å²) in [5.74, 6) is -0.290. The molecule has 0 spiro atoms. The molecule has 4 aromatic rings. The molecule has 0 aliphatic carbocycles. The Bertz CT molecular complexity index is 1300. The third-order valence-corrected chi connectivity index (χ3v) is 7.41. The number of hydrogen-bond donors (Lipinski definition) is 0. The summed E-state index contributed by atoms with van der Waals surface area (Å²) in [5, 5.41) is 0.662. The van der Waals surface area contributed by atoms with Crippen LogP contribution in [0.4, 0.5) is 0 Å². The molecule has 0 aliphatic rings. The maximum Gasteiger partial charge on any atom is 0.319 e. The van der Waals surface area contributed by atoms with Crippen LogP contribution in [0.2, 0.25) is 0 Å². The Morgan fingerprint density at radius 1 is 1.09 bits per heavy atom. The van der Waals surface area contributed by atoms with Gasteiger partial charge in [0.05, 0.1) is 17.7 Å². The van der Waals surface area contributed by atoms with Crippen molar-refractivity contribution in [2.45, 2.75) is 37.6 Å². The molecule has 1 unspecified atom stereocenters. The van der Waals surface area contributed by atoms with Crippen LogP contribution in [0.25, 0.3) is 27.0 Å². The minimum Gasteiger partial charge on any atom is -0.465 e. The predicted molar refractivity (Wildman–Crippen MR) is 132 cm³/mol. The largest absolute Gasteiger partial charge is 0.465 e. The maximum atomic E-state index is 13.9. The van der Waals surface area contributed by atoms with Crippen LogP contribution in [0.3, 0.4) is 0 Å². The lowest BCUT2D eigenvalue weighted by Gasteiger charge is -2.17. The molecule has 2 heterocycles. The summed E-state index contributed by atoms with van der Waals surface area (Å²) in [5.41, 5.74) is 2.50. The fraction of sp³-hybridized carbons (Fsp3) is 0.240. The molecule has 0 N–H and O–H groups in total. The monoisotopic (exact) mass is 464 g/mol. The highest BCUT2D eigenvalue weighted by Gasteiger charge is 2.25. The lowest BCUT2D eigenvalue weighted by Crippen LogP contribution is -2.25. The fourth-order valence-electron chi connectivity index (χ4n) is 3.64. The van der Waals surface area contributed by atoms with Gasteiger partial charge in [-0.2, -0.15) is 0 Å². The van der Waals surface area contributed by atoms with Gasteiger partial charge < -0.3 is 4.74 Å². The van der Waals surface area contributed by atoms with Gasteiger partial charge >= 0.3 is 5.97 Å². The number of aromatic nitrogens is 2. The molecule has 164 valence electrons. The van der Waals surface area contributed by atoms with E-state index in [1.807, 2.05) is 74.5 Å².